The zero-order valence-electron chi connectivity index (χ0n) is 10.9. The molecule has 0 aromatic heterocycles. The second-order valence-corrected chi connectivity index (χ2v) is 5.50. The Kier molecular flexibility index (Phi) is 3.85. The van der Waals surface area contributed by atoms with Gasteiger partial charge >= 0.3 is 12.1 Å². The lowest BCUT2D eigenvalue weighted by atomic mass is 9.81. The molecule has 1 rings (SSSR count). The van der Waals surface area contributed by atoms with Crippen molar-refractivity contribution in [3.05, 3.63) is 0 Å². The van der Waals surface area contributed by atoms with Gasteiger partial charge < -0.3 is 14.7 Å². The number of carbonyl (C=O) groups excluding carboxylic acids is 1. The third-order valence-corrected chi connectivity index (χ3v) is 2.77. The maximum Gasteiger partial charge on any atom is 0.410 e. The Bertz CT molecular complexity index is 394. The summed E-state index contributed by atoms with van der Waals surface area (Å²) in [5.41, 5.74) is -2.14. The zero-order chi connectivity index (χ0) is 14.0. The Morgan fingerprint density at radius 1 is 1.44 bits per heavy atom. The quantitative estimate of drug-likeness (QED) is 0.767. The Morgan fingerprint density at radius 2 is 2.06 bits per heavy atom. The molecule has 0 aromatic carbocycles. The molecular formula is C12H18N2O4. The normalized spacial score (nSPS) is 24.2. The van der Waals surface area contributed by atoms with Crippen molar-refractivity contribution in [3.8, 4) is 6.07 Å². The van der Waals surface area contributed by atoms with Gasteiger partial charge in [-0.2, -0.15) is 5.26 Å². The van der Waals surface area contributed by atoms with Crippen molar-refractivity contribution in [2.75, 3.05) is 13.1 Å². The van der Waals surface area contributed by atoms with E-state index < -0.39 is 23.1 Å². The van der Waals surface area contributed by atoms with E-state index in [-0.39, 0.29) is 13.0 Å². The molecule has 1 N–H and O–H groups in total. The highest BCUT2D eigenvalue weighted by Gasteiger charge is 2.45. The molecule has 0 aliphatic carbocycles. The molecule has 1 aliphatic heterocycles. The highest BCUT2D eigenvalue weighted by molar-refractivity contribution is 5.80. The number of nitriles is 1. The van der Waals surface area contributed by atoms with Gasteiger partial charge in [-0.25, -0.2) is 4.79 Å². The number of amides is 1. The van der Waals surface area contributed by atoms with E-state index in [9.17, 15) is 9.59 Å². The van der Waals surface area contributed by atoms with Crippen LogP contribution in [0.25, 0.3) is 0 Å². The summed E-state index contributed by atoms with van der Waals surface area (Å²) in [6.07, 6.45) is 0.181. The van der Waals surface area contributed by atoms with E-state index in [0.717, 1.165) is 0 Å². The SMILES string of the molecule is CC(C)(C)OC(=O)N1CCCC(C#N)(C(=O)O)C1. The number of aliphatic carboxylic acids is 1. The number of likely N-dealkylation sites (tertiary alicyclic amines) is 1. The Morgan fingerprint density at radius 3 is 2.50 bits per heavy atom. The van der Waals surface area contributed by atoms with Crippen LogP contribution in [0.3, 0.4) is 0 Å². The molecule has 1 heterocycles. The highest BCUT2D eigenvalue weighted by Crippen LogP contribution is 2.30. The molecule has 1 amide bonds. The van der Waals surface area contributed by atoms with E-state index in [2.05, 4.69) is 0 Å². The molecule has 1 atom stereocenters. The van der Waals surface area contributed by atoms with Gasteiger partial charge in [0.1, 0.15) is 5.60 Å². The average Bonchev–Trinajstić information content (AvgIpc) is 2.26. The lowest BCUT2D eigenvalue weighted by Gasteiger charge is -2.36. The van der Waals surface area contributed by atoms with Crippen LogP contribution in [-0.4, -0.2) is 40.8 Å². The van der Waals surface area contributed by atoms with E-state index in [1.807, 2.05) is 6.07 Å². The molecular weight excluding hydrogens is 236 g/mol. The van der Waals surface area contributed by atoms with Crippen LogP contribution in [0.1, 0.15) is 33.6 Å². The molecule has 0 spiro atoms. The lowest BCUT2D eigenvalue weighted by molar-refractivity contribution is -0.147. The molecule has 1 aliphatic rings. The van der Waals surface area contributed by atoms with Crippen molar-refractivity contribution in [1.82, 2.24) is 4.90 Å². The van der Waals surface area contributed by atoms with Crippen LogP contribution in [0.2, 0.25) is 0 Å². The van der Waals surface area contributed by atoms with Crippen molar-refractivity contribution in [3.63, 3.8) is 0 Å². The molecule has 0 radical (unpaired) electrons. The molecule has 0 saturated carbocycles. The number of carbonyl (C=O) groups is 2. The predicted octanol–water partition coefficient (Wildman–Crippen LogP) is 1.61. The first-order chi connectivity index (χ1) is 8.20. The van der Waals surface area contributed by atoms with Crippen LogP contribution in [0, 0.1) is 16.7 Å². The van der Waals surface area contributed by atoms with Crippen LogP contribution < -0.4 is 0 Å². The maximum atomic E-state index is 11.8. The first-order valence-corrected chi connectivity index (χ1v) is 5.83. The number of rotatable bonds is 1. The van der Waals surface area contributed by atoms with Crippen molar-refractivity contribution in [1.29, 1.82) is 5.26 Å². The second-order valence-electron chi connectivity index (χ2n) is 5.50. The summed E-state index contributed by atoms with van der Waals surface area (Å²) in [5, 5.41) is 18.2. The molecule has 18 heavy (non-hydrogen) atoms. The van der Waals surface area contributed by atoms with Gasteiger partial charge in [-0.15, -0.1) is 0 Å². The molecule has 0 aromatic rings. The van der Waals surface area contributed by atoms with Crippen molar-refractivity contribution in [2.45, 2.75) is 39.2 Å². The summed E-state index contributed by atoms with van der Waals surface area (Å²) < 4.78 is 5.18. The second kappa shape index (κ2) is 4.84. The van der Waals surface area contributed by atoms with E-state index in [4.69, 9.17) is 15.1 Å². The van der Waals surface area contributed by atoms with Crippen LogP contribution in [0.15, 0.2) is 0 Å². The first kappa shape index (κ1) is 14.3. The third kappa shape index (κ3) is 3.13. The van der Waals surface area contributed by atoms with Gasteiger partial charge in [-0.1, -0.05) is 0 Å². The summed E-state index contributed by atoms with van der Waals surface area (Å²) in [4.78, 5) is 24.3. The zero-order valence-corrected chi connectivity index (χ0v) is 10.9. The Labute approximate surface area is 106 Å². The van der Waals surface area contributed by atoms with E-state index in [1.54, 1.807) is 20.8 Å². The molecule has 6 heteroatoms. The fourth-order valence-corrected chi connectivity index (χ4v) is 1.85. The molecule has 1 unspecified atom stereocenters. The number of carboxylic acids is 1. The number of carboxylic acid groups (broad SMARTS) is 1. The summed E-state index contributed by atoms with van der Waals surface area (Å²) in [6.45, 7) is 5.52. The number of ether oxygens (including phenoxy) is 1. The fraction of sp³-hybridized carbons (Fsp3) is 0.750. The van der Waals surface area contributed by atoms with Gasteiger partial charge in [0.05, 0.1) is 12.6 Å². The van der Waals surface area contributed by atoms with Gasteiger partial charge in [0.25, 0.3) is 0 Å². The minimum absolute atomic E-state index is 0.117. The van der Waals surface area contributed by atoms with Gasteiger partial charge in [0.15, 0.2) is 5.41 Å². The average molecular weight is 254 g/mol. The summed E-state index contributed by atoms with van der Waals surface area (Å²) in [6, 6.07) is 1.82. The third-order valence-electron chi connectivity index (χ3n) is 2.77. The van der Waals surface area contributed by atoms with Crippen molar-refractivity contribution in [2.24, 2.45) is 5.41 Å². The fourth-order valence-electron chi connectivity index (χ4n) is 1.85. The van der Waals surface area contributed by atoms with E-state index in [0.29, 0.717) is 13.0 Å². The topological polar surface area (TPSA) is 90.6 Å². The molecule has 0 bridgehead atoms. The number of nitrogens with zero attached hydrogens (tertiary/aromatic N) is 2. The first-order valence-electron chi connectivity index (χ1n) is 5.83. The highest BCUT2D eigenvalue weighted by atomic mass is 16.6. The molecule has 6 nitrogen and oxygen atoms in total. The number of hydrogen-bond acceptors (Lipinski definition) is 4. The Hall–Kier alpha value is -1.77. The summed E-state index contributed by atoms with van der Waals surface area (Å²) >= 11 is 0. The van der Waals surface area contributed by atoms with E-state index in [1.165, 1.54) is 4.90 Å². The molecule has 1 fully saturated rings. The summed E-state index contributed by atoms with van der Waals surface area (Å²) in [5.74, 6) is -1.18. The van der Waals surface area contributed by atoms with Crippen molar-refractivity contribution < 1.29 is 19.4 Å². The predicted molar refractivity (Wildman–Crippen MR) is 62.7 cm³/mol. The van der Waals surface area contributed by atoms with Crippen molar-refractivity contribution >= 4 is 12.1 Å². The van der Waals surface area contributed by atoms with Gasteiger partial charge in [0, 0.05) is 6.54 Å². The van der Waals surface area contributed by atoms with Gasteiger partial charge in [-0.05, 0) is 33.6 Å². The van der Waals surface area contributed by atoms with Crippen LogP contribution >= 0.6 is 0 Å². The van der Waals surface area contributed by atoms with Gasteiger partial charge in [0.2, 0.25) is 0 Å². The van der Waals surface area contributed by atoms with E-state index >= 15 is 0 Å². The monoisotopic (exact) mass is 254 g/mol. The number of hydrogen-bond donors (Lipinski definition) is 1. The van der Waals surface area contributed by atoms with Gasteiger partial charge in [-0.3, -0.25) is 4.79 Å². The molecule has 100 valence electrons. The van der Waals surface area contributed by atoms with Crippen LogP contribution in [0.5, 0.6) is 0 Å². The minimum atomic E-state index is -1.50. The lowest BCUT2D eigenvalue weighted by Crippen LogP contribution is -2.50. The standard InChI is InChI=1S/C12H18N2O4/c1-11(2,3)18-10(17)14-6-4-5-12(7-13,8-14)9(15)16/h4-6,8H2,1-3H3,(H,15,16). The molecule has 1 saturated heterocycles. The summed E-state index contributed by atoms with van der Waals surface area (Å²) in [7, 11) is 0. The minimum Gasteiger partial charge on any atom is -0.480 e. The smallest absolute Gasteiger partial charge is 0.410 e. The van der Waals surface area contributed by atoms with Crippen LogP contribution in [-0.2, 0) is 9.53 Å². The Balaban J connectivity index is 2.79. The largest absolute Gasteiger partial charge is 0.480 e. The van der Waals surface area contributed by atoms with Crippen LogP contribution in [0.4, 0.5) is 4.79 Å². The number of piperidine rings is 1. The maximum absolute atomic E-state index is 11.8.